The van der Waals surface area contributed by atoms with E-state index in [2.05, 4.69) is 20.0 Å². The number of benzene rings is 3. The van der Waals surface area contributed by atoms with E-state index in [1.54, 1.807) is 60.7 Å². The van der Waals surface area contributed by atoms with Gasteiger partial charge in [-0.3, -0.25) is 9.52 Å². The molecule has 0 aliphatic heterocycles. The van der Waals surface area contributed by atoms with E-state index in [0.717, 1.165) is 5.56 Å². The number of fused-ring (bicyclic) bond motifs is 1. The van der Waals surface area contributed by atoms with E-state index in [1.807, 2.05) is 19.1 Å². The predicted molar refractivity (Wildman–Crippen MR) is 121 cm³/mol. The summed E-state index contributed by atoms with van der Waals surface area (Å²) in [6.07, 6.45) is 0. The SMILES string of the molecule is CC(=O)c1ccc(Nc2nc3ccccc3nc2NS(=O)(=O)c2ccc(C)cc2)cc1. The van der Waals surface area contributed by atoms with Crippen LogP contribution in [0, 0.1) is 6.92 Å². The van der Waals surface area contributed by atoms with E-state index in [4.69, 9.17) is 0 Å². The van der Waals surface area contributed by atoms with Crippen LogP contribution in [0.15, 0.2) is 77.7 Å². The highest BCUT2D eigenvalue weighted by molar-refractivity contribution is 7.92. The quantitative estimate of drug-likeness (QED) is 0.429. The van der Waals surface area contributed by atoms with Crippen LogP contribution in [0.1, 0.15) is 22.8 Å². The molecule has 31 heavy (non-hydrogen) atoms. The number of aromatic nitrogens is 2. The van der Waals surface area contributed by atoms with E-state index in [-0.39, 0.29) is 22.3 Å². The Morgan fingerprint density at radius 1 is 0.806 bits per heavy atom. The van der Waals surface area contributed by atoms with Gasteiger partial charge in [-0.2, -0.15) is 0 Å². The number of rotatable bonds is 6. The number of nitrogens with one attached hydrogen (secondary N) is 2. The second-order valence-corrected chi connectivity index (χ2v) is 8.77. The van der Waals surface area contributed by atoms with Gasteiger partial charge in [0, 0.05) is 11.3 Å². The van der Waals surface area contributed by atoms with Gasteiger partial charge in [-0.25, -0.2) is 18.4 Å². The lowest BCUT2D eigenvalue weighted by Gasteiger charge is -2.14. The second-order valence-electron chi connectivity index (χ2n) is 7.09. The van der Waals surface area contributed by atoms with Gasteiger partial charge < -0.3 is 5.32 Å². The Hall–Kier alpha value is -3.78. The third-order valence-corrected chi connectivity index (χ3v) is 6.04. The molecule has 4 aromatic rings. The lowest BCUT2D eigenvalue weighted by molar-refractivity contribution is 0.101. The summed E-state index contributed by atoms with van der Waals surface area (Å²) in [5.41, 5.74) is 3.35. The fraction of sp³-hybridized carbons (Fsp3) is 0.0870. The number of hydrogen-bond acceptors (Lipinski definition) is 6. The molecule has 0 saturated heterocycles. The van der Waals surface area contributed by atoms with Gasteiger partial charge in [-0.05, 0) is 62.4 Å². The molecule has 0 atom stereocenters. The summed E-state index contributed by atoms with van der Waals surface area (Å²) >= 11 is 0. The molecule has 0 amide bonds. The van der Waals surface area contributed by atoms with Crippen LogP contribution in [0.5, 0.6) is 0 Å². The fourth-order valence-electron chi connectivity index (χ4n) is 2.99. The van der Waals surface area contributed by atoms with E-state index in [1.165, 1.54) is 6.92 Å². The largest absolute Gasteiger partial charge is 0.337 e. The molecule has 3 aromatic carbocycles. The molecule has 0 unspecified atom stereocenters. The molecule has 8 heteroatoms. The van der Waals surface area contributed by atoms with Crippen LogP contribution >= 0.6 is 0 Å². The molecule has 1 heterocycles. The van der Waals surface area contributed by atoms with Crippen LogP contribution in [-0.2, 0) is 10.0 Å². The first kappa shape index (κ1) is 20.5. The topological polar surface area (TPSA) is 101 Å². The zero-order chi connectivity index (χ0) is 22.0. The van der Waals surface area contributed by atoms with Crippen molar-refractivity contribution in [3.8, 4) is 0 Å². The van der Waals surface area contributed by atoms with Gasteiger partial charge in [0.2, 0.25) is 0 Å². The molecule has 0 radical (unpaired) electrons. The van der Waals surface area contributed by atoms with Crippen molar-refractivity contribution in [1.82, 2.24) is 9.97 Å². The maximum Gasteiger partial charge on any atom is 0.263 e. The minimum absolute atomic E-state index is 0.0383. The lowest BCUT2D eigenvalue weighted by Crippen LogP contribution is -2.16. The summed E-state index contributed by atoms with van der Waals surface area (Å²) in [5.74, 6) is 0.295. The van der Waals surface area contributed by atoms with Crippen LogP contribution in [0.4, 0.5) is 17.3 Å². The van der Waals surface area contributed by atoms with Gasteiger partial charge >= 0.3 is 0 Å². The molecular formula is C23H20N4O3S. The van der Waals surface area contributed by atoms with Crippen molar-refractivity contribution in [2.45, 2.75) is 18.7 Å². The Morgan fingerprint density at radius 2 is 1.39 bits per heavy atom. The number of aryl methyl sites for hydroxylation is 1. The normalized spacial score (nSPS) is 11.3. The molecule has 0 aliphatic rings. The van der Waals surface area contributed by atoms with Crippen LogP contribution in [0.25, 0.3) is 11.0 Å². The van der Waals surface area contributed by atoms with E-state index in [0.29, 0.717) is 22.3 Å². The first-order chi connectivity index (χ1) is 14.8. The number of carbonyl (C=O) groups excluding carboxylic acids is 1. The standard InChI is InChI=1S/C23H20N4O3S/c1-15-7-13-19(14-8-15)31(29,30)27-23-22(25-20-5-3-4-6-21(20)26-23)24-18-11-9-17(10-12-18)16(2)28/h3-14H,1-2H3,(H,24,25)(H,26,27). The summed E-state index contributed by atoms with van der Waals surface area (Å²) in [4.78, 5) is 20.7. The zero-order valence-electron chi connectivity index (χ0n) is 17.0. The highest BCUT2D eigenvalue weighted by Gasteiger charge is 2.19. The van der Waals surface area contributed by atoms with Gasteiger partial charge in [-0.15, -0.1) is 0 Å². The number of hydrogen-bond donors (Lipinski definition) is 2. The summed E-state index contributed by atoms with van der Waals surface area (Å²) in [6, 6.07) is 20.6. The second kappa shape index (κ2) is 8.16. The maximum atomic E-state index is 12.9. The number of Topliss-reactive ketones (excluding diaryl/α,β-unsaturated/α-hetero) is 1. The first-order valence-corrected chi connectivity index (χ1v) is 11.0. The summed E-state index contributed by atoms with van der Waals surface area (Å²) < 4.78 is 28.4. The zero-order valence-corrected chi connectivity index (χ0v) is 17.8. The molecule has 0 spiro atoms. The molecule has 0 fully saturated rings. The summed E-state index contributed by atoms with van der Waals surface area (Å²) in [6.45, 7) is 3.38. The van der Waals surface area contributed by atoms with E-state index in [9.17, 15) is 13.2 Å². The van der Waals surface area contributed by atoms with Crippen LogP contribution in [-0.4, -0.2) is 24.2 Å². The van der Waals surface area contributed by atoms with Crippen molar-refractivity contribution in [2.75, 3.05) is 10.0 Å². The van der Waals surface area contributed by atoms with E-state index >= 15 is 0 Å². The molecule has 0 saturated carbocycles. The van der Waals surface area contributed by atoms with Gasteiger partial charge in [0.15, 0.2) is 17.4 Å². The fourth-order valence-corrected chi connectivity index (χ4v) is 4.00. The third-order valence-electron chi connectivity index (χ3n) is 4.69. The Labute approximate surface area is 180 Å². The van der Waals surface area contributed by atoms with Crippen molar-refractivity contribution in [3.05, 3.63) is 83.9 Å². The highest BCUT2D eigenvalue weighted by Crippen LogP contribution is 2.27. The Balaban J connectivity index is 1.74. The van der Waals surface area contributed by atoms with Crippen molar-refractivity contribution < 1.29 is 13.2 Å². The molecule has 0 aliphatic carbocycles. The van der Waals surface area contributed by atoms with Crippen LogP contribution < -0.4 is 10.0 Å². The molecule has 1 aromatic heterocycles. The summed E-state index contributed by atoms with van der Waals surface area (Å²) in [5, 5.41) is 3.10. The average Bonchev–Trinajstić information content (AvgIpc) is 2.74. The molecule has 0 bridgehead atoms. The van der Waals surface area contributed by atoms with Crippen molar-refractivity contribution in [1.29, 1.82) is 0 Å². The molecule has 7 nitrogen and oxygen atoms in total. The molecule has 156 valence electrons. The van der Waals surface area contributed by atoms with E-state index < -0.39 is 10.0 Å². The molecule has 4 rings (SSSR count). The Morgan fingerprint density at radius 3 is 1.97 bits per heavy atom. The highest BCUT2D eigenvalue weighted by atomic mass is 32.2. The van der Waals surface area contributed by atoms with Crippen molar-refractivity contribution in [2.24, 2.45) is 0 Å². The molecule has 2 N–H and O–H groups in total. The number of anilines is 3. The Bertz CT molecular complexity index is 1370. The number of ketones is 1. The van der Waals surface area contributed by atoms with Crippen LogP contribution in [0.3, 0.4) is 0 Å². The van der Waals surface area contributed by atoms with Gasteiger partial charge in [0.05, 0.1) is 15.9 Å². The minimum atomic E-state index is -3.87. The van der Waals surface area contributed by atoms with Crippen LogP contribution in [0.2, 0.25) is 0 Å². The summed E-state index contributed by atoms with van der Waals surface area (Å²) in [7, 11) is -3.87. The van der Waals surface area contributed by atoms with Crippen molar-refractivity contribution in [3.63, 3.8) is 0 Å². The van der Waals surface area contributed by atoms with Gasteiger partial charge in [0.25, 0.3) is 10.0 Å². The smallest absolute Gasteiger partial charge is 0.263 e. The van der Waals surface area contributed by atoms with Gasteiger partial charge in [0.1, 0.15) is 0 Å². The lowest BCUT2D eigenvalue weighted by atomic mass is 10.1. The van der Waals surface area contributed by atoms with Gasteiger partial charge in [-0.1, -0.05) is 29.8 Å². The monoisotopic (exact) mass is 432 g/mol. The number of sulfonamides is 1. The average molecular weight is 433 g/mol. The number of para-hydroxylation sites is 2. The first-order valence-electron chi connectivity index (χ1n) is 9.56. The number of nitrogens with zero attached hydrogens (tertiary/aromatic N) is 2. The van der Waals surface area contributed by atoms with Crippen molar-refractivity contribution >= 4 is 44.2 Å². The maximum absolute atomic E-state index is 12.9. The molecular weight excluding hydrogens is 412 g/mol. The minimum Gasteiger partial charge on any atom is -0.337 e. The third kappa shape index (κ3) is 4.54. The number of carbonyl (C=O) groups is 1. The Kier molecular flexibility index (Phi) is 5.39. The predicted octanol–water partition coefficient (Wildman–Crippen LogP) is 4.69.